The summed E-state index contributed by atoms with van der Waals surface area (Å²) in [5, 5.41) is 0. The number of allylic oxidation sites excluding steroid dienone is 2. The third-order valence-corrected chi connectivity index (χ3v) is 6.25. The first-order chi connectivity index (χ1) is 12.8. The van der Waals surface area contributed by atoms with Crippen molar-refractivity contribution in [1.29, 1.82) is 0 Å². The number of hydrogen-bond donors (Lipinski definition) is 0. The maximum atomic E-state index is 12.6. The third kappa shape index (κ3) is 3.63. The number of aromatic nitrogens is 1. The van der Waals surface area contributed by atoms with Gasteiger partial charge in [0.1, 0.15) is 5.75 Å². The molecule has 1 amide bonds. The lowest BCUT2D eigenvalue weighted by Gasteiger charge is -2.42. The van der Waals surface area contributed by atoms with Crippen molar-refractivity contribution in [3.8, 4) is 5.75 Å². The minimum atomic E-state index is -0.0526. The average molecular weight is 356 g/mol. The SMILES string of the molecule is O=C(C1CC=CC1)N1CCC2(CC1)OCCC2CCOc1cccnc1. The number of nitrogens with zero attached hydrogens (tertiary/aromatic N) is 2. The van der Waals surface area contributed by atoms with Gasteiger partial charge in [0.25, 0.3) is 0 Å². The molecule has 26 heavy (non-hydrogen) atoms. The van der Waals surface area contributed by atoms with Gasteiger partial charge in [-0.25, -0.2) is 0 Å². The van der Waals surface area contributed by atoms with Crippen LogP contribution in [0.5, 0.6) is 5.75 Å². The Hall–Kier alpha value is -1.88. The predicted octanol–water partition coefficient (Wildman–Crippen LogP) is 3.21. The number of ether oxygens (including phenoxy) is 2. The molecular weight excluding hydrogens is 328 g/mol. The molecule has 0 saturated carbocycles. The lowest BCUT2D eigenvalue weighted by atomic mass is 9.78. The van der Waals surface area contributed by atoms with E-state index in [1.165, 1.54) is 0 Å². The second-order valence-electron chi connectivity index (χ2n) is 7.69. The molecule has 1 aliphatic carbocycles. The molecule has 1 unspecified atom stereocenters. The Bertz CT molecular complexity index is 630. The number of carbonyl (C=O) groups excluding carboxylic acids is 1. The topological polar surface area (TPSA) is 51.7 Å². The zero-order chi connectivity index (χ0) is 17.8. The first kappa shape index (κ1) is 17.5. The molecule has 1 atom stereocenters. The lowest BCUT2D eigenvalue weighted by molar-refractivity contribution is -0.141. The molecule has 3 aliphatic rings. The van der Waals surface area contributed by atoms with Crippen molar-refractivity contribution in [3.05, 3.63) is 36.7 Å². The van der Waals surface area contributed by atoms with Crippen molar-refractivity contribution >= 4 is 5.91 Å². The molecule has 140 valence electrons. The van der Waals surface area contributed by atoms with E-state index in [2.05, 4.69) is 22.0 Å². The Labute approximate surface area is 155 Å². The van der Waals surface area contributed by atoms with Crippen LogP contribution in [0.2, 0.25) is 0 Å². The summed E-state index contributed by atoms with van der Waals surface area (Å²) in [6.45, 7) is 3.18. The quantitative estimate of drug-likeness (QED) is 0.760. The molecular formula is C21H28N2O3. The van der Waals surface area contributed by atoms with Gasteiger partial charge in [-0.2, -0.15) is 0 Å². The van der Waals surface area contributed by atoms with Crippen LogP contribution < -0.4 is 4.74 Å². The summed E-state index contributed by atoms with van der Waals surface area (Å²) in [6, 6.07) is 3.83. The van der Waals surface area contributed by atoms with Crippen molar-refractivity contribution in [3.63, 3.8) is 0 Å². The molecule has 0 bridgehead atoms. The molecule has 0 N–H and O–H groups in total. The summed E-state index contributed by atoms with van der Waals surface area (Å²) < 4.78 is 12.1. The smallest absolute Gasteiger partial charge is 0.226 e. The Balaban J connectivity index is 1.28. The highest BCUT2D eigenvalue weighted by molar-refractivity contribution is 5.79. The fraction of sp³-hybridized carbons (Fsp3) is 0.619. The van der Waals surface area contributed by atoms with Gasteiger partial charge < -0.3 is 14.4 Å². The van der Waals surface area contributed by atoms with E-state index in [0.717, 1.165) is 64.0 Å². The summed E-state index contributed by atoms with van der Waals surface area (Å²) in [6.07, 6.45) is 13.6. The fourth-order valence-electron chi connectivity index (χ4n) is 4.68. The number of amides is 1. The number of rotatable bonds is 5. The summed E-state index contributed by atoms with van der Waals surface area (Å²) in [4.78, 5) is 18.8. The molecule has 2 aliphatic heterocycles. The van der Waals surface area contributed by atoms with Crippen molar-refractivity contribution in [2.75, 3.05) is 26.3 Å². The van der Waals surface area contributed by atoms with E-state index < -0.39 is 0 Å². The molecule has 2 saturated heterocycles. The highest BCUT2D eigenvalue weighted by Gasteiger charge is 2.46. The molecule has 4 rings (SSSR count). The highest BCUT2D eigenvalue weighted by atomic mass is 16.5. The molecule has 2 fully saturated rings. The molecule has 1 spiro atoms. The van der Waals surface area contributed by atoms with Crippen molar-refractivity contribution < 1.29 is 14.3 Å². The van der Waals surface area contributed by atoms with Gasteiger partial charge in [0, 0.05) is 31.8 Å². The van der Waals surface area contributed by atoms with Crippen LogP contribution in [0.1, 0.15) is 38.5 Å². The second kappa shape index (κ2) is 7.78. The minimum absolute atomic E-state index is 0.0526. The average Bonchev–Trinajstić information content (AvgIpc) is 3.34. The van der Waals surface area contributed by atoms with Crippen LogP contribution in [-0.4, -0.2) is 47.7 Å². The van der Waals surface area contributed by atoms with E-state index in [4.69, 9.17) is 9.47 Å². The van der Waals surface area contributed by atoms with E-state index >= 15 is 0 Å². The zero-order valence-corrected chi connectivity index (χ0v) is 15.3. The van der Waals surface area contributed by atoms with Gasteiger partial charge in [-0.05, 0) is 56.6 Å². The molecule has 5 nitrogen and oxygen atoms in total. The molecule has 5 heteroatoms. The minimum Gasteiger partial charge on any atom is -0.492 e. The van der Waals surface area contributed by atoms with E-state index in [9.17, 15) is 4.79 Å². The van der Waals surface area contributed by atoms with Gasteiger partial charge in [-0.3, -0.25) is 9.78 Å². The first-order valence-corrected chi connectivity index (χ1v) is 9.87. The molecule has 1 aromatic heterocycles. The van der Waals surface area contributed by atoms with Gasteiger partial charge in [0.15, 0.2) is 0 Å². The van der Waals surface area contributed by atoms with Gasteiger partial charge in [0.2, 0.25) is 5.91 Å². The Kier molecular flexibility index (Phi) is 5.25. The van der Waals surface area contributed by atoms with Gasteiger partial charge in [-0.15, -0.1) is 0 Å². The summed E-state index contributed by atoms with van der Waals surface area (Å²) >= 11 is 0. The maximum absolute atomic E-state index is 12.6. The van der Waals surface area contributed by atoms with Gasteiger partial charge in [-0.1, -0.05) is 12.2 Å². The number of pyridine rings is 1. The fourth-order valence-corrected chi connectivity index (χ4v) is 4.68. The monoisotopic (exact) mass is 356 g/mol. The van der Waals surface area contributed by atoms with Crippen LogP contribution in [-0.2, 0) is 9.53 Å². The van der Waals surface area contributed by atoms with E-state index in [1.807, 2.05) is 12.1 Å². The van der Waals surface area contributed by atoms with Crippen LogP contribution in [0.15, 0.2) is 36.7 Å². The Morgan fingerprint density at radius 3 is 2.85 bits per heavy atom. The van der Waals surface area contributed by atoms with Crippen molar-refractivity contribution in [2.24, 2.45) is 11.8 Å². The van der Waals surface area contributed by atoms with Crippen LogP contribution in [0.3, 0.4) is 0 Å². The largest absolute Gasteiger partial charge is 0.492 e. The van der Waals surface area contributed by atoms with E-state index in [-0.39, 0.29) is 11.5 Å². The number of piperidine rings is 1. The number of hydrogen-bond acceptors (Lipinski definition) is 4. The molecule has 1 aromatic rings. The van der Waals surface area contributed by atoms with Crippen LogP contribution >= 0.6 is 0 Å². The zero-order valence-electron chi connectivity index (χ0n) is 15.3. The first-order valence-electron chi connectivity index (χ1n) is 9.87. The van der Waals surface area contributed by atoms with E-state index in [0.29, 0.717) is 18.4 Å². The molecule has 0 radical (unpaired) electrons. The lowest BCUT2D eigenvalue weighted by Crippen LogP contribution is -2.50. The standard InChI is InChI=1S/C21H28N2O3/c24-20(17-4-1-2-5-17)23-12-9-21(10-13-23)18(8-15-26-21)7-14-25-19-6-3-11-22-16-19/h1-3,6,11,16-18H,4-5,7-10,12-15H2. The highest BCUT2D eigenvalue weighted by Crippen LogP contribution is 2.42. The summed E-state index contributed by atoms with van der Waals surface area (Å²) in [5.74, 6) is 1.85. The third-order valence-electron chi connectivity index (χ3n) is 6.25. The number of likely N-dealkylation sites (tertiary alicyclic amines) is 1. The van der Waals surface area contributed by atoms with Crippen LogP contribution in [0.25, 0.3) is 0 Å². The van der Waals surface area contributed by atoms with Gasteiger partial charge >= 0.3 is 0 Å². The van der Waals surface area contributed by atoms with Crippen molar-refractivity contribution in [2.45, 2.75) is 44.1 Å². The maximum Gasteiger partial charge on any atom is 0.226 e. The molecule has 3 heterocycles. The normalized spacial score (nSPS) is 25.1. The molecule has 0 aromatic carbocycles. The number of carbonyl (C=O) groups is 1. The van der Waals surface area contributed by atoms with E-state index in [1.54, 1.807) is 12.4 Å². The summed E-state index contributed by atoms with van der Waals surface area (Å²) in [7, 11) is 0. The van der Waals surface area contributed by atoms with Crippen LogP contribution in [0.4, 0.5) is 0 Å². The predicted molar refractivity (Wildman–Crippen MR) is 98.8 cm³/mol. The summed E-state index contributed by atoms with van der Waals surface area (Å²) in [5.41, 5.74) is -0.0526. The Morgan fingerprint density at radius 2 is 2.12 bits per heavy atom. The van der Waals surface area contributed by atoms with Crippen molar-refractivity contribution in [1.82, 2.24) is 9.88 Å². The Morgan fingerprint density at radius 1 is 1.31 bits per heavy atom. The van der Waals surface area contributed by atoms with Crippen LogP contribution in [0, 0.1) is 11.8 Å². The second-order valence-corrected chi connectivity index (χ2v) is 7.69. The van der Waals surface area contributed by atoms with Gasteiger partial charge in [0.05, 0.1) is 18.4 Å².